The Labute approximate surface area is 179 Å². The van der Waals surface area contributed by atoms with Crippen molar-refractivity contribution in [2.45, 2.75) is 0 Å². The number of nitrogens with one attached hydrogen (secondary N) is 1. The number of aromatic nitrogens is 2. The fourth-order valence-corrected chi connectivity index (χ4v) is 3.88. The van der Waals surface area contributed by atoms with Crippen LogP contribution in [0.1, 0.15) is 5.56 Å². The number of halogens is 1. The number of carbonyl (C=O) groups excluding carboxylic acids is 3. The quantitative estimate of drug-likeness (QED) is 0.597. The highest BCUT2D eigenvalue weighted by molar-refractivity contribution is 8.18. The van der Waals surface area contributed by atoms with Crippen molar-refractivity contribution < 1.29 is 19.0 Å². The van der Waals surface area contributed by atoms with Crippen LogP contribution in [-0.4, -0.2) is 38.8 Å². The molecule has 4 rings (SSSR count). The zero-order valence-electron chi connectivity index (χ0n) is 15.2. The van der Waals surface area contributed by atoms with Gasteiger partial charge in [-0.2, -0.15) is 0 Å². The van der Waals surface area contributed by atoms with Crippen molar-refractivity contribution in [3.05, 3.63) is 70.1 Å². The Morgan fingerprint density at radius 1 is 1.13 bits per heavy atom. The number of benzene rings is 2. The number of nitrogens with zero attached hydrogens (tertiary/aromatic N) is 3. The first-order valence-electron chi connectivity index (χ1n) is 8.70. The number of allylic oxidation sites excluding steroid dienone is 2. The Morgan fingerprint density at radius 2 is 1.93 bits per heavy atom. The summed E-state index contributed by atoms with van der Waals surface area (Å²) in [6, 6.07) is 14.3. The minimum Gasteiger partial charge on any atom is -0.322 e. The van der Waals surface area contributed by atoms with Gasteiger partial charge in [0.1, 0.15) is 12.1 Å². The van der Waals surface area contributed by atoms with Crippen molar-refractivity contribution >= 4 is 63.2 Å². The molecule has 0 saturated carbocycles. The van der Waals surface area contributed by atoms with E-state index >= 15 is 0 Å². The lowest BCUT2D eigenvalue weighted by Gasteiger charge is -2.12. The smallest absolute Gasteiger partial charge is 0.294 e. The second-order valence-electron chi connectivity index (χ2n) is 6.19. The van der Waals surface area contributed by atoms with E-state index in [1.54, 1.807) is 24.3 Å². The maximum absolute atomic E-state index is 12.6. The molecular weight excluding hydrogens is 428 g/mol. The van der Waals surface area contributed by atoms with Crippen LogP contribution in [0.4, 0.5) is 10.5 Å². The molecule has 1 aromatic heterocycles. The first kappa shape index (κ1) is 19.9. The van der Waals surface area contributed by atoms with E-state index in [4.69, 9.17) is 11.6 Å². The molecule has 8 nitrogen and oxygen atoms in total. The Morgan fingerprint density at radius 3 is 2.73 bits per heavy atom. The van der Waals surface area contributed by atoms with E-state index < -0.39 is 23.6 Å². The van der Waals surface area contributed by atoms with Gasteiger partial charge in [0.2, 0.25) is 5.91 Å². The van der Waals surface area contributed by atoms with E-state index in [0.29, 0.717) is 21.8 Å². The van der Waals surface area contributed by atoms with Gasteiger partial charge < -0.3 is 5.32 Å². The standard InChI is InChI=1S/C20H13ClN4O4S/c21-13(9-12-5-2-1-3-6-12)10-16-19(27)25(20(28)30-16)11-17(26)22-14-7-4-8-15-18(14)24-29-23-15/h1-10H,11H2,(H,22,26). The summed E-state index contributed by atoms with van der Waals surface area (Å²) < 4.78 is 4.65. The molecule has 1 fully saturated rings. The van der Waals surface area contributed by atoms with Crippen molar-refractivity contribution in [3.63, 3.8) is 0 Å². The second-order valence-corrected chi connectivity index (χ2v) is 7.62. The number of imide groups is 1. The zero-order chi connectivity index (χ0) is 21.1. The van der Waals surface area contributed by atoms with Gasteiger partial charge in [-0.1, -0.05) is 48.0 Å². The number of carbonyl (C=O) groups is 3. The van der Waals surface area contributed by atoms with Gasteiger partial charge in [-0.25, -0.2) is 4.63 Å². The number of amides is 3. The molecule has 1 N–H and O–H groups in total. The summed E-state index contributed by atoms with van der Waals surface area (Å²) in [5.74, 6) is -1.14. The maximum atomic E-state index is 12.6. The molecule has 10 heteroatoms. The van der Waals surface area contributed by atoms with Crippen molar-refractivity contribution in [2.75, 3.05) is 11.9 Å². The summed E-state index contributed by atoms with van der Waals surface area (Å²) in [5, 5.41) is 9.78. The molecule has 3 amide bonds. The molecule has 0 atom stereocenters. The number of hydrogen-bond acceptors (Lipinski definition) is 7. The molecule has 1 saturated heterocycles. The average Bonchev–Trinajstić information content (AvgIpc) is 3.30. The SMILES string of the molecule is O=C(CN1C(=O)SC(=CC(Cl)=Cc2ccccc2)C1=O)Nc1cccc2nonc12. The van der Waals surface area contributed by atoms with Gasteiger partial charge >= 0.3 is 0 Å². The molecule has 1 aliphatic heterocycles. The van der Waals surface area contributed by atoms with Crippen molar-refractivity contribution in [2.24, 2.45) is 0 Å². The Bertz CT molecular complexity index is 1210. The fraction of sp³-hybridized carbons (Fsp3) is 0.0500. The Kier molecular flexibility index (Phi) is 5.64. The Hall–Kier alpha value is -3.43. The van der Waals surface area contributed by atoms with E-state index in [0.717, 1.165) is 22.2 Å². The van der Waals surface area contributed by atoms with Crippen LogP contribution >= 0.6 is 23.4 Å². The van der Waals surface area contributed by atoms with E-state index in [2.05, 4.69) is 20.3 Å². The predicted molar refractivity (Wildman–Crippen MR) is 113 cm³/mol. The zero-order valence-corrected chi connectivity index (χ0v) is 16.8. The van der Waals surface area contributed by atoms with Crippen LogP contribution in [0.25, 0.3) is 17.1 Å². The molecule has 0 aliphatic carbocycles. The fourth-order valence-electron chi connectivity index (χ4n) is 2.75. The minimum absolute atomic E-state index is 0.146. The lowest BCUT2D eigenvalue weighted by molar-refractivity contribution is -0.127. The highest BCUT2D eigenvalue weighted by Crippen LogP contribution is 2.32. The summed E-state index contributed by atoms with van der Waals surface area (Å²) >= 11 is 6.93. The molecule has 30 heavy (non-hydrogen) atoms. The second kappa shape index (κ2) is 8.52. The molecule has 150 valence electrons. The third-order valence-electron chi connectivity index (χ3n) is 4.11. The minimum atomic E-state index is -0.582. The Balaban J connectivity index is 1.45. The maximum Gasteiger partial charge on any atom is 0.294 e. The summed E-state index contributed by atoms with van der Waals surface area (Å²) in [6.07, 6.45) is 3.09. The van der Waals surface area contributed by atoms with Crippen LogP contribution in [0.3, 0.4) is 0 Å². The molecule has 1 aliphatic rings. The van der Waals surface area contributed by atoms with Gasteiger partial charge in [0.25, 0.3) is 11.1 Å². The van der Waals surface area contributed by atoms with Crippen LogP contribution in [0, 0.1) is 0 Å². The summed E-state index contributed by atoms with van der Waals surface area (Å²) in [7, 11) is 0. The van der Waals surface area contributed by atoms with Crippen LogP contribution in [0.5, 0.6) is 0 Å². The van der Waals surface area contributed by atoms with Gasteiger partial charge in [0, 0.05) is 5.03 Å². The summed E-state index contributed by atoms with van der Waals surface area (Å²) in [4.78, 5) is 38.2. The molecule has 3 aromatic rings. The first-order valence-corrected chi connectivity index (χ1v) is 9.89. The first-order chi connectivity index (χ1) is 14.5. The van der Waals surface area contributed by atoms with Crippen LogP contribution < -0.4 is 5.32 Å². The highest BCUT2D eigenvalue weighted by Gasteiger charge is 2.36. The van der Waals surface area contributed by atoms with Crippen LogP contribution in [0.2, 0.25) is 0 Å². The van der Waals surface area contributed by atoms with Crippen LogP contribution in [0.15, 0.2) is 69.2 Å². The number of thioether (sulfide) groups is 1. The van der Waals surface area contributed by atoms with Gasteiger partial charge in [0.05, 0.1) is 10.6 Å². The molecule has 0 spiro atoms. The average molecular weight is 441 g/mol. The monoisotopic (exact) mass is 440 g/mol. The van der Waals surface area contributed by atoms with Crippen molar-refractivity contribution in [3.8, 4) is 0 Å². The molecule has 0 unspecified atom stereocenters. The van der Waals surface area contributed by atoms with Crippen molar-refractivity contribution in [1.82, 2.24) is 15.2 Å². The van der Waals surface area contributed by atoms with Crippen molar-refractivity contribution in [1.29, 1.82) is 0 Å². The molecular formula is C20H13ClN4O4S. The summed E-state index contributed by atoms with van der Waals surface area (Å²) in [6.45, 7) is -0.441. The highest BCUT2D eigenvalue weighted by atomic mass is 35.5. The predicted octanol–water partition coefficient (Wildman–Crippen LogP) is 4.02. The number of anilines is 1. The lowest BCUT2D eigenvalue weighted by atomic mass is 10.2. The third kappa shape index (κ3) is 4.27. The molecule has 2 heterocycles. The third-order valence-corrected chi connectivity index (χ3v) is 5.23. The molecule has 0 bridgehead atoms. The normalized spacial score (nSPS) is 16.0. The van der Waals surface area contributed by atoms with E-state index in [9.17, 15) is 14.4 Å². The van der Waals surface area contributed by atoms with E-state index in [1.165, 1.54) is 6.08 Å². The van der Waals surface area contributed by atoms with Gasteiger partial charge in [-0.3, -0.25) is 19.3 Å². The van der Waals surface area contributed by atoms with E-state index in [1.807, 2.05) is 30.3 Å². The molecule has 0 radical (unpaired) electrons. The topological polar surface area (TPSA) is 105 Å². The lowest BCUT2D eigenvalue weighted by Crippen LogP contribution is -2.36. The summed E-state index contributed by atoms with van der Waals surface area (Å²) in [5.41, 5.74) is 2.07. The van der Waals surface area contributed by atoms with E-state index in [-0.39, 0.29) is 4.91 Å². The number of fused-ring (bicyclic) bond motifs is 1. The van der Waals surface area contributed by atoms with Gasteiger partial charge in [-0.05, 0) is 51.9 Å². The van der Waals surface area contributed by atoms with Gasteiger partial charge in [0.15, 0.2) is 5.52 Å². The number of hydrogen-bond donors (Lipinski definition) is 1. The largest absolute Gasteiger partial charge is 0.322 e. The van der Waals surface area contributed by atoms with Gasteiger partial charge in [-0.15, -0.1) is 0 Å². The van der Waals surface area contributed by atoms with Crippen LogP contribution in [-0.2, 0) is 9.59 Å². The molecule has 2 aromatic carbocycles. The number of rotatable bonds is 5.